The van der Waals surface area contributed by atoms with Gasteiger partial charge >= 0.3 is 86.2 Å². The van der Waals surface area contributed by atoms with E-state index in [1.54, 1.807) is 0 Å². The Balaban J connectivity index is 2.95. The molecule has 11 heavy (non-hydrogen) atoms. The van der Waals surface area contributed by atoms with Gasteiger partial charge in [0.05, 0.1) is 0 Å². The Morgan fingerprint density at radius 1 is 1.73 bits per heavy atom. The van der Waals surface area contributed by atoms with Crippen LogP contribution in [0.4, 0.5) is 5.69 Å². The fourth-order valence-corrected chi connectivity index (χ4v) is 1.44. The van der Waals surface area contributed by atoms with Crippen molar-refractivity contribution in [3.63, 3.8) is 0 Å². The van der Waals surface area contributed by atoms with Crippen LogP contribution >= 0.6 is 15.9 Å². The molecule has 0 bridgehead atoms. The van der Waals surface area contributed by atoms with Gasteiger partial charge in [0.1, 0.15) is 0 Å². The number of benzene rings is 1. The fraction of sp³-hybridized carbons (Fsp3) is 0.125. The molecule has 1 aromatic carbocycles. The van der Waals surface area contributed by atoms with Crippen LogP contribution in [0, 0.1) is 6.07 Å². The van der Waals surface area contributed by atoms with Crippen LogP contribution in [0.25, 0.3) is 0 Å². The van der Waals surface area contributed by atoms with Gasteiger partial charge in [0.25, 0.3) is 0 Å². The molecule has 0 spiro atoms. The first-order valence-electron chi connectivity index (χ1n) is 3.09. The van der Waals surface area contributed by atoms with Crippen LogP contribution in [-0.2, 0) is 19.4 Å². The van der Waals surface area contributed by atoms with E-state index in [0.717, 1.165) is 10.2 Å². The molecule has 0 aliphatic heterocycles. The van der Waals surface area contributed by atoms with Crippen molar-refractivity contribution in [3.8, 4) is 0 Å². The first kappa shape index (κ1) is 9.15. The van der Waals surface area contributed by atoms with Gasteiger partial charge in [-0.15, -0.1) is 0 Å². The van der Waals surface area contributed by atoms with E-state index in [2.05, 4.69) is 31.4 Å². The van der Waals surface area contributed by atoms with Gasteiger partial charge in [-0.3, -0.25) is 0 Å². The Morgan fingerprint density at radius 3 is 3.00 bits per heavy atom. The summed E-state index contributed by atoms with van der Waals surface area (Å²) in [5.41, 5.74) is 1.09. The third-order valence-electron chi connectivity index (χ3n) is 1.29. The Kier molecular flexibility index (Phi) is 3.47. The van der Waals surface area contributed by atoms with Gasteiger partial charge in [-0.05, 0) is 0 Å². The molecule has 0 atom stereocenters. The summed E-state index contributed by atoms with van der Waals surface area (Å²) < 4.78 is 3.17. The van der Waals surface area contributed by atoms with Crippen LogP contribution in [0.3, 0.4) is 0 Å². The maximum atomic E-state index is 3.41. The summed E-state index contributed by atoms with van der Waals surface area (Å²) in [6.45, 7) is 0. The molecule has 3 heteroatoms. The Hall–Kier alpha value is 0.0583. The molecule has 0 saturated carbocycles. The molecule has 0 aliphatic carbocycles. The van der Waals surface area contributed by atoms with Crippen molar-refractivity contribution in [2.24, 2.45) is 0 Å². The summed E-state index contributed by atoms with van der Waals surface area (Å²) in [4.78, 5) is 2.06. The summed E-state index contributed by atoms with van der Waals surface area (Å²) in [5, 5.41) is 0. The van der Waals surface area contributed by atoms with Crippen molar-refractivity contribution < 1.29 is 19.4 Å². The molecule has 0 heterocycles. The molecular weight excluding hydrogens is 374 g/mol. The minimum absolute atomic E-state index is 1.09. The number of rotatable bonds is 2. The molecule has 1 nitrogen and oxygen atoms in total. The zero-order chi connectivity index (χ0) is 8.27. The molecule has 1 aromatic rings. The van der Waals surface area contributed by atoms with Gasteiger partial charge in [0, 0.05) is 0 Å². The van der Waals surface area contributed by atoms with Gasteiger partial charge in [0.2, 0.25) is 0 Å². The number of hydrogen-bond acceptors (Lipinski definition) is 1. The van der Waals surface area contributed by atoms with E-state index >= 15 is 0 Å². The normalized spacial score (nSPS) is 9.27. The van der Waals surface area contributed by atoms with Gasteiger partial charge in [0.15, 0.2) is 0 Å². The molecule has 0 N–H and O–H groups in total. The SMILES string of the molecule is CN([CH]=[W])c1[c-]ccc(Br)c1. The maximum absolute atomic E-state index is 3.41. The summed E-state index contributed by atoms with van der Waals surface area (Å²) in [6, 6.07) is 9.06. The number of halogens is 1. The van der Waals surface area contributed by atoms with E-state index in [9.17, 15) is 0 Å². The van der Waals surface area contributed by atoms with Gasteiger partial charge < -0.3 is 0 Å². The van der Waals surface area contributed by atoms with Crippen molar-refractivity contribution >= 4 is 26.1 Å². The average Bonchev–Trinajstić information content (AvgIpc) is 2.03. The second-order valence-electron chi connectivity index (χ2n) is 2.11. The molecule has 0 radical (unpaired) electrons. The van der Waals surface area contributed by atoms with Gasteiger partial charge in [-0.2, -0.15) is 0 Å². The second-order valence-corrected chi connectivity index (χ2v) is 3.78. The van der Waals surface area contributed by atoms with Crippen molar-refractivity contribution in [3.05, 3.63) is 28.7 Å². The van der Waals surface area contributed by atoms with Crippen LogP contribution in [0.2, 0.25) is 0 Å². The second kappa shape index (κ2) is 4.18. The van der Waals surface area contributed by atoms with Gasteiger partial charge in [-0.25, -0.2) is 0 Å². The van der Waals surface area contributed by atoms with E-state index < -0.39 is 0 Å². The molecule has 0 unspecified atom stereocenters. The molecular formula is C8H7BrNW-. The van der Waals surface area contributed by atoms with Crippen molar-refractivity contribution in [1.29, 1.82) is 0 Å². The number of anilines is 1. The standard InChI is InChI=1S/C8H7BrN.W/c1-10(2)8-5-3-4-7(9)6-8;/h1,3-4,6H,2H3;/q-1;. The van der Waals surface area contributed by atoms with Crippen LogP contribution < -0.4 is 4.90 Å². The van der Waals surface area contributed by atoms with Crippen LogP contribution in [0.1, 0.15) is 0 Å². The summed E-state index contributed by atoms with van der Waals surface area (Å²) in [5.74, 6) is 0. The summed E-state index contributed by atoms with van der Waals surface area (Å²) in [7, 11) is 2.02. The quantitative estimate of drug-likeness (QED) is 0.709. The number of nitrogens with zero attached hydrogens (tertiary/aromatic N) is 1. The minimum atomic E-state index is 1.09. The molecule has 0 aliphatic rings. The third kappa shape index (κ3) is 2.53. The van der Waals surface area contributed by atoms with Crippen molar-refractivity contribution in [2.45, 2.75) is 0 Å². The number of hydrogen-bond donors (Lipinski definition) is 0. The van der Waals surface area contributed by atoms with Crippen LogP contribution in [-0.4, -0.2) is 11.6 Å². The van der Waals surface area contributed by atoms with Crippen LogP contribution in [0.5, 0.6) is 0 Å². The van der Waals surface area contributed by atoms with Crippen molar-refractivity contribution in [2.75, 3.05) is 11.9 Å². The predicted molar refractivity (Wildman–Crippen MR) is 47.4 cm³/mol. The molecule has 0 aromatic heterocycles. The Morgan fingerprint density at radius 2 is 2.45 bits per heavy atom. The Labute approximate surface area is 85.9 Å². The molecule has 1 rings (SSSR count). The van der Waals surface area contributed by atoms with Gasteiger partial charge in [-0.1, -0.05) is 0 Å². The van der Waals surface area contributed by atoms with Crippen molar-refractivity contribution in [1.82, 2.24) is 0 Å². The molecule has 0 fully saturated rings. The predicted octanol–water partition coefficient (Wildman–Crippen LogP) is 1.99. The molecule has 0 amide bonds. The summed E-state index contributed by atoms with van der Waals surface area (Å²) >= 11 is 4.85. The van der Waals surface area contributed by atoms with E-state index in [1.807, 2.05) is 25.2 Å². The van der Waals surface area contributed by atoms with E-state index in [1.165, 1.54) is 19.4 Å². The van der Waals surface area contributed by atoms with E-state index in [0.29, 0.717) is 0 Å². The van der Waals surface area contributed by atoms with E-state index in [-0.39, 0.29) is 0 Å². The zero-order valence-electron chi connectivity index (χ0n) is 6.04. The molecule has 58 valence electrons. The zero-order valence-corrected chi connectivity index (χ0v) is 10.6. The van der Waals surface area contributed by atoms with E-state index in [4.69, 9.17) is 0 Å². The van der Waals surface area contributed by atoms with Crippen LogP contribution in [0.15, 0.2) is 22.7 Å². The molecule has 0 saturated heterocycles. The monoisotopic (exact) mass is 380 g/mol. The Bertz CT molecular complexity index is 262. The first-order valence-corrected chi connectivity index (χ1v) is 5.58. The summed E-state index contributed by atoms with van der Waals surface area (Å²) in [6.07, 6.45) is 0. The first-order chi connectivity index (χ1) is 5.24. The fourth-order valence-electron chi connectivity index (χ4n) is 0.687. The topological polar surface area (TPSA) is 3.24 Å². The third-order valence-corrected chi connectivity index (χ3v) is 2.92. The average molecular weight is 381 g/mol.